The van der Waals surface area contributed by atoms with Crippen molar-refractivity contribution in [3.63, 3.8) is 0 Å². The van der Waals surface area contributed by atoms with Gasteiger partial charge in [0.2, 0.25) is 0 Å². The third-order valence-electron chi connectivity index (χ3n) is 6.49. The Bertz CT molecular complexity index is 1480. The first-order valence-electron chi connectivity index (χ1n) is 11.7. The lowest BCUT2D eigenvalue weighted by atomic mass is 9.97. The van der Waals surface area contributed by atoms with Crippen molar-refractivity contribution >= 4 is 33.7 Å². The fraction of sp³-hybridized carbons (Fsp3) is 0. The summed E-state index contributed by atoms with van der Waals surface area (Å²) in [4.78, 5) is 0. The van der Waals surface area contributed by atoms with Gasteiger partial charge in [-0.1, -0.05) is 146 Å². The van der Waals surface area contributed by atoms with E-state index in [9.17, 15) is 0 Å². The molecule has 0 heterocycles. The number of fused-ring (bicyclic) bond motifs is 2. The predicted octanol–water partition coefficient (Wildman–Crippen LogP) is 9.50. The molecule has 0 saturated heterocycles. The third kappa shape index (κ3) is 3.91. The van der Waals surface area contributed by atoms with Gasteiger partial charge in [-0.3, -0.25) is 0 Å². The first-order chi connectivity index (χ1) is 16.8. The summed E-state index contributed by atoms with van der Waals surface area (Å²) in [7, 11) is 0. The van der Waals surface area contributed by atoms with E-state index in [-0.39, 0.29) is 0 Å². The van der Waals surface area contributed by atoms with Gasteiger partial charge in [-0.2, -0.15) is 0 Å². The van der Waals surface area contributed by atoms with Crippen molar-refractivity contribution in [2.45, 2.75) is 0 Å². The lowest BCUT2D eigenvalue weighted by Gasteiger charge is -2.08. The molecule has 34 heavy (non-hydrogen) atoms. The summed E-state index contributed by atoms with van der Waals surface area (Å²) in [5, 5.41) is 5.13. The van der Waals surface area contributed by atoms with E-state index in [4.69, 9.17) is 0 Å². The SMILES string of the molecule is C(=C\c1ccc(-c2cccc3ccccc23)cc1)/c1ccc(-c2cccc3ccccc23)cc1. The summed E-state index contributed by atoms with van der Waals surface area (Å²) in [5.74, 6) is 0. The Balaban J connectivity index is 1.23. The molecule has 0 aromatic heterocycles. The fourth-order valence-corrected chi connectivity index (χ4v) is 4.69. The number of hydrogen-bond acceptors (Lipinski definition) is 0. The van der Waals surface area contributed by atoms with E-state index in [0.29, 0.717) is 0 Å². The second-order valence-corrected chi connectivity index (χ2v) is 8.63. The van der Waals surface area contributed by atoms with Crippen LogP contribution in [0.1, 0.15) is 11.1 Å². The van der Waals surface area contributed by atoms with Gasteiger partial charge in [-0.25, -0.2) is 0 Å². The summed E-state index contributed by atoms with van der Waals surface area (Å²) in [5.41, 5.74) is 7.43. The summed E-state index contributed by atoms with van der Waals surface area (Å²) >= 11 is 0. The van der Waals surface area contributed by atoms with E-state index in [1.54, 1.807) is 0 Å². The van der Waals surface area contributed by atoms with Crippen LogP contribution in [0.5, 0.6) is 0 Å². The molecule has 0 heteroatoms. The molecule has 0 bridgehead atoms. The number of hydrogen-bond donors (Lipinski definition) is 0. The second kappa shape index (κ2) is 8.84. The highest BCUT2D eigenvalue weighted by Crippen LogP contribution is 2.30. The van der Waals surface area contributed by atoms with Gasteiger partial charge in [0, 0.05) is 0 Å². The molecular weight excluding hydrogens is 408 g/mol. The minimum absolute atomic E-state index is 1.20. The maximum Gasteiger partial charge on any atom is -0.0105 e. The Kier molecular flexibility index (Phi) is 5.26. The minimum Gasteiger partial charge on any atom is -0.0616 e. The summed E-state index contributed by atoms with van der Waals surface area (Å²) in [6, 6.07) is 47.7. The molecule has 6 rings (SSSR count). The van der Waals surface area contributed by atoms with Gasteiger partial charge >= 0.3 is 0 Å². The number of benzene rings is 6. The Morgan fingerprint density at radius 1 is 0.324 bits per heavy atom. The molecule has 0 nitrogen and oxygen atoms in total. The fourth-order valence-electron chi connectivity index (χ4n) is 4.69. The van der Waals surface area contributed by atoms with Crippen LogP contribution >= 0.6 is 0 Å². The maximum atomic E-state index is 2.21. The van der Waals surface area contributed by atoms with Crippen molar-refractivity contribution in [3.8, 4) is 22.3 Å². The topological polar surface area (TPSA) is 0 Å². The van der Waals surface area contributed by atoms with Gasteiger partial charge in [0.25, 0.3) is 0 Å². The minimum atomic E-state index is 1.20. The van der Waals surface area contributed by atoms with Gasteiger partial charge in [0.05, 0.1) is 0 Å². The largest absolute Gasteiger partial charge is 0.0616 e. The molecular formula is C34H24. The molecule has 0 atom stereocenters. The van der Waals surface area contributed by atoms with Crippen LogP contribution in [-0.4, -0.2) is 0 Å². The molecule has 0 aliphatic carbocycles. The first kappa shape index (κ1) is 20.2. The normalized spacial score (nSPS) is 11.4. The highest BCUT2D eigenvalue weighted by atomic mass is 14.1. The standard InChI is InChI=1S/C34H24/c1-3-11-31-27(7-1)9-5-13-33(31)29-21-17-25(18-22-29)15-16-26-19-23-30(24-20-26)34-14-6-10-28-8-2-4-12-32(28)34/h1-24H/b16-15+. The van der Waals surface area contributed by atoms with Crippen molar-refractivity contribution in [3.05, 3.63) is 145 Å². The third-order valence-corrected chi connectivity index (χ3v) is 6.49. The molecule has 0 radical (unpaired) electrons. The molecule has 0 amide bonds. The highest BCUT2D eigenvalue weighted by molar-refractivity contribution is 5.97. The Labute approximate surface area is 200 Å². The first-order valence-corrected chi connectivity index (χ1v) is 11.7. The van der Waals surface area contributed by atoms with E-state index in [1.165, 1.54) is 54.9 Å². The van der Waals surface area contributed by atoms with Gasteiger partial charge in [0.1, 0.15) is 0 Å². The van der Waals surface area contributed by atoms with Crippen LogP contribution in [-0.2, 0) is 0 Å². The average Bonchev–Trinajstić information content (AvgIpc) is 2.92. The van der Waals surface area contributed by atoms with E-state index < -0.39 is 0 Å². The van der Waals surface area contributed by atoms with Crippen LogP contribution in [0.2, 0.25) is 0 Å². The van der Waals surface area contributed by atoms with Crippen LogP contribution in [0.4, 0.5) is 0 Å². The van der Waals surface area contributed by atoms with Gasteiger partial charge in [0.15, 0.2) is 0 Å². The average molecular weight is 433 g/mol. The van der Waals surface area contributed by atoms with Crippen LogP contribution in [0.25, 0.3) is 56.0 Å². The molecule has 0 aliphatic heterocycles. The molecule has 160 valence electrons. The summed E-state index contributed by atoms with van der Waals surface area (Å²) < 4.78 is 0. The lowest BCUT2D eigenvalue weighted by molar-refractivity contribution is 1.61. The van der Waals surface area contributed by atoms with Crippen LogP contribution in [0.3, 0.4) is 0 Å². The second-order valence-electron chi connectivity index (χ2n) is 8.63. The Morgan fingerprint density at radius 3 is 1.15 bits per heavy atom. The van der Waals surface area contributed by atoms with Crippen molar-refractivity contribution in [2.24, 2.45) is 0 Å². The molecule has 0 aliphatic rings. The quantitative estimate of drug-likeness (QED) is 0.243. The Morgan fingerprint density at radius 2 is 0.706 bits per heavy atom. The van der Waals surface area contributed by atoms with Crippen molar-refractivity contribution in [1.29, 1.82) is 0 Å². The number of rotatable bonds is 4. The molecule has 6 aromatic carbocycles. The summed E-state index contributed by atoms with van der Waals surface area (Å²) in [6.07, 6.45) is 4.36. The van der Waals surface area contributed by atoms with Gasteiger partial charge in [-0.05, 0) is 54.9 Å². The van der Waals surface area contributed by atoms with Crippen molar-refractivity contribution < 1.29 is 0 Å². The van der Waals surface area contributed by atoms with E-state index in [0.717, 1.165) is 0 Å². The zero-order valence-electron chi connectivity index (χ0n) is 18.9. The molecule has 0 fully saturated rings. The van der Waals surface area contributed by atoms with Crippen molar-refractivity contribution in [2.75, 3.05) is 0 Å². The van der Waals surface area contributed by atoms with E-state index in [1.807, 2.05) is 0 Å². The molecule has 6 aromatic rings. The smallest absolute Gasteiger partial charge is 0.0105 e. The van der Waals surface area contributed by atoms with Crippen molar-refractivity contribution in [1.82, 2.24) is 0 Å². The van der Waals surface area contributed by atoms with E-state index in [2.05, 4.69) is 146 Å². The lowest BCUT2D eigenvalue weighted by Crippen LogP contribution is -1.82. The Hall–Kier alpha value is -4.42. The predicted molar refractivity (Wildman–Crippen MR) is 148 cm³/mol. The molecule has 0 saturated carbocycles. The van der Waals surface area contributed by atoms with Crippen LogP contribution in [0.15, 0.2) is 133 Å². The molecule has 0 unspecified atom stereocenters. The van der Waals surface area contributed by atoms with Crippen LogP contribution < -0.4 is 0 Å². The maximum absolute atomic E-state index is 2.21. The zero-order valence-corrected chi connectivity index (χ0v) is 18.9. The zero-order chi connectivity index (χ0) is 22.7. The van der Waals surface area contributed by atoms with Gasteiger partial charge in [-0.15, -0.1) is 0 Å². The van der Waals surface area contributed by atoms with E-state index >= 15 is 0 Å². The molecule has 0 N–H and O–H groups in total. The highest BCUT2D eigenvalue weighted by Gasteiger charge is 2.04. The monoisotopic (exact) mass is 432 g/mol. The van der Waals surface area contributed by atoms with Gasteiger partial charge < -0.3 is 0 Å². The summed E-state index contributed by atoms with van der Waals surface area (Å²) in [6.45, 7) is 0. The van der Waals surface area contributed by atoms with Crippen LogP contribution in [0, 0.1) is 0 Å². The molecule has 0 spiro atoms.